The Balaban J connectivity index is 3.13. The Hall–Kier alpha value is -1.49. The lowest BCUT2D eigenvalue weighted by atomic mass is 9.85. The third-order valence-electron chi connectivity index (χ3n) is 2.71. The molecule has 17 heavy (non-hydrogen) atoms. The number of nitrogens with two attached hydrogens (primary N) is 1. The fourth-order valence-corrected chi connectivity index (χ4v) is 1.82. The molecule has 0 aliphatic carbocycles. The predicted molar refractivity (Wildman–Crippen MR) is 59.3 cm³/mol. The van der Waals surface area contributed by atoms with Crippen LogP contribution >= 0.6 is 0 Å². The molecule has 1 aromatic carbocycles. The van der Waals surface area contributed by atoms with Gasteiger partial charge in [-0.1, -0.05) is 13.8 Å². The summed E-state index contributed by atoms with van der Waals surface area (Å²) in [5.41, 5.74) is 5.62. The number of aliphatic carboxylic acids is 1. The lowest BCUT2D eigenvalue weighted by Crippen LogP contribution is -2.32. The molecule has 0 bridgehead atoms. The molecule has 0 radical (unpaired) electrons. The van der Waals surface area contributed by atoms with E-state index in [4.69, 9.17) is 10.8 Å². The maximum absolute atomic E-state index is 13.5. The highest BCUT2D eigenvalue weighted by atomic mass is 19.1. The van der Waals surface area contributed by atoms with Crippen molar-refractivity contribution in [3.05, 3.63) is 35.4 Å². The minimum atomic E-state index is -1.11. The Morgan fingerprint density at radius 3 is 2.41 bits per heavy atom. The summed E-state index contributed by atoms with van der Waals surface area (Å²) < 4.78 is 26.5. The Kier molecular flexibility index (Phi) is 4.17. The first kappa shape index (κ1) is 13.6. The maximum Gasteiger partial charge on any atom is 0.308 e. The van der Waals surface area contributed by atoms with E-state index in [9.17, 15) is 13.6 Å². The highest BCUT2D eigenvalue weighted by Crippen LogP contribution is 2.28. The first-order chi connectivity index (χ1) is 7.84. The van der Waals surface area contributed by atoms with Gasteiger partial charge < -0.3 is 10.8 Å². The fourth-order valence-electron chi connectivity index (χ4n) is 1.82. The van der Waals surface area contributed by atoms with Gasteiger partial charge in [0.05, 0.1) is 5.92 Å². The SMILES string of the molecule is CC(C)C(C(=O)O)C(N)c1cc(F)ccc1F. The molecule has 1 rings (SSSR count). The first-order valence-corrected chi connectivity index (χ1v) is 5.28. The summed E-state index contributed by atoms with van der Waals surface area (Å²) in [6.07, 6.45) is 0. The van der Waals surface area contributed by atoms with E-state index in [0.29, 0.717) is 0 Å². The topological polar surface area (TPSA) is 63.3 Å². The Morgan fingerprint density at radius 2 is 1.94 bits per heavy atom. The van der Waals surface area contributed by atoms with Crippen molar-refractivity contribution in [3.63, 3.8) is 0 Å². The summed E-state index contributed by atoms with van der Waals surface area (Å²) in [5, 5.41) is 9.04. The van der Waals surface area contributed by atoms with E-state index in [1.165, 1.54) is 0 Å². The zero-order valence-electron chi connectivity index (χ0n) is 9.65. The number of halogens is 2. The van der Waals surface area contributed by atoms with Crippen LogP contribution in [0, 0.1) is 23.5 Å². The van der Waals surface area contributed by atoms with Crippen LogP contribution in [-0.2, 0) is 4.79 Å². The van der Waals surface area contributed by atoms with Crippen molar-refractivity contribution < 1.29 is 18.7 Å². The summed E-state index contributed by atoms with van der Waals surface area (Å²) in [6, 6.07) is 1.79. The third-order valence-corrected chi connectivity index (χ3v) is 2.71. The van der Waals surface area contributed by atoms with Gasteiger partial charge in [-0.15, -0.1) is 0 Å². The molecule has 0 spiro atoms. The van der Waals surface area contributed by atoms with E-state index in [1.54, 1.807) is 13.8 Å². The van der Waals surface area contributed by atoms with Gasteiger partial charge in [0, 0.05) is 11.6 Å². The number of hydrogen-bond donors (Lipinski definition) is 2. The summed E-state index contributed by atoms with van der Waals surface area (Å²) in [7, 11) is 0. The van der Waals surface area contributed by atoms with Crippen LogP contribution < -0.4 is 5.73 Å². The summed E-state index contributed by atoms with van der Waals surface area (Å²) in [6.45, 7) is 3.35. The predicted octanol–water partition coefficient (Wildman–Crippen LogP) is 2.32. The lowest BCUT2D eigenvalue weighted by molar-refractivity contribution is -0.144. The van der Waals surface area contributed by atoms with Crippen molar-refractivity contribution in [1.82, 2.24) is 0 Å². The molecule has 0 saturated carbocycles. The van der Waals surface area contributed by atoms with Gasteiger partial charge in [0.1, 0.15) is 11.6 Å². The van der Waals surface area contributed by atoms with Crippen molar-refractivity contribution in [2.45, 2.75) is 19.9 Å². The van der Waals surface area contributed by atoms with E-state index in [0.717, 1.165) is 18.2 Å². The quantitative estimate of drug-likeness (QED) is 0.853. The summed E-state index contributed by atoms with van der Waals surface area (Å²) in [5.74, 6) is -3.66. The highest BCUT2D eigenvalue weighted by molar-refractivity contribution is 5.71. The normalized spacial score (nSPS) is 14.7. The molecule has 0 aliphatic rings. The Labute approximate surface area is 98.2 Å². The molecule has 0 aliphatic heterocycles. The lowest BCUT2D eigenvalue weighted by Gasteiger charge is -2.24. The summed E-state index contributed by atoms with van der Waals surface area (Å²) >= 11 is 0. The molecule has 2 atom stereocenters. The molecular weight excluding hydrogens is 228 g/mol. The number of benzene rings is 1. The highest BCUT2D eigenvalue weighted by Gasteiger charge is 2.31. The standard InChI is InChI=1S/C12H15F2NO2/c1-6(2)10(12(16)17)11(15)8-5-7(13)3-4-9(8)14/h3-6,10-11H,15H2,1-2H3,(H,16,17). The van der Waals surface area contributed by atoms with Gasteiger partial charge in [0.2, 0.25) is 0 Å². The second-order valence-electron chi connectivity index (χ2n) is 4.30. The van der Waals surface area contributed by atoms with Crippen LogP contribution in [0.5, 0.6) is 0 Å². The second-order valence-corrected chi connectivity index (χ2v) is 4.30. The zero-order valence-corrected chi connectivity index (χ0v) is 9.65. The molecule has 94 valence electrons. The van der Waals surface area contributed by atoms with Gasteiger partial charge in [-0.05, 0) is 24.1 Å². The van der Waals surface area contributed by atoms with E-state index in [2.05, 4.69) is 0 Å². The van der Waals surface area contributed by atoms with Crippen molar-refractivity contribution in [3.8, 4) is 0 Å². The molecule has 0 saturated heterocycles. The number of carboxylic acids is 1. The third kappa shape index (κ3) is 3.00. The fraction of sp³-hybridized carbons (Fsp3) is 0.417. The number of hydrogen-bond acceptors (Lipinski definition) is 2. The van der Waals surface area contributed by atoms with Crippen LogP contribution in [0.3, 0.4) is 0 Å². The molecule has 5 heteroatoms. The molecule has 0 fully saturated rings. The second kappa shape index (κ2) is 5.23. The van der Waals surface area contributed by atoms with E-state index in [1.807, 2.05) is 0 Å². The van der Waals surface area contributed by atoms with Gasteiger partial charge in [0.15, 0.2) is 0 Å². The van der Waals surface area contributed by atoms with Crippen molar-refractivity contribution >= 4 is 5.97 Å². The molecular formula is C12H15F2NO2. The van der Waals surface area contributed by atoms with E-state index >= 15 is 0 Å². The Morgan fingerprint density at radius 1 is 1.35 bits per heavy atom. The molecule has 3 nitrogen and oxygen atoms in total. The summed E-state index contributed by atoms with van der Waals surface area (Å²) in [4.78, 5) is 11.1. The zero-order chi connectivity index (χ0) is 13.2. The van der Waals surface area contributed by atoms with E-state index < -0.39 is 29.6 Å². The van der Waals surface area contributed by atoms with Crippen molar-refractivity contribution in [2.75, 3.05) is 0 Å². The van der Waals surface area contributed by atoms with Gasteiger partial charge in [-0.25, -0.2) is 8.78 Å². The van der Waals surface area contributed by atoms with Gasteiger partial charge in [0.25, 0.3) is 0 Å². The first-order valence-electron chi connectivity index (χ1n) is 5.28. The number of rotatable bonds is 4. The van der Waals surface area contributed by atoms with Crippen LogP contribution in [0.25, 0.3) is 0 Å². The van der Waals surface area contributed by atoms with Crippen LogP contribution in [0.2, 0.25) is 0 Å². The van der Waals surface area contributed by atoms with Crippen LogP contribution in [0.15, 0.2) is 18.2 Å². The molecule has 2 unspecified atom stereocenters. The van der Waals surface area contributed by atoms with Crippen LogP contribution in [-0.4, -0.2) is 11.1 Å². The minimum Gasteiger partial charge on any atom is -0.481 e. The van der Waals surface area contributed by atoms with Crippen LogP contribution in [0.1, 0.15) is 25.5 Å². The molecule has 0 aromatic heterocycles. The Bertz CT molecular complexity index is 421. The number of carbonyl (C=O) groups is 1. The van der Waals surface area contributed by atoms with Gasteiger partial charge in [-0.3, -0.25) is 4.79 Å². The molecule has 1 aromatic rings. The molecule has 0 amide bonds. The number of carboxylic acid groups (broad SMARTS) is 1. The average molecular weight is 243 g/mol. The van der Waals surface area contributed by atoms with Crippen molar-refractivity contribution in [2.24, 2.45) is 17.6 Å². The molecule has 0 heterocycles. The van der Waals surface area contributed by atoms with Gasteiger partial charge in [-0.2, -0.15) is 0 Å². The largest absolute Gasteiger partial charge is 0.481 e. The van der Waals surface area contributed by atoms with Gasteiger partial charge >= 0.3 is 5.97 Å². The van der Waals surface area contributed by atoms with E-state index in [-0.39, 0.29) is 11.5 Å². The molecule has 3 N–H and O–H groups in total. The van der Waals surface area contributed by atoms with Crippen LogP contribution in [0.4, 0.5) is 8.78 Å². The smallest absolute Gasteiger partial charge is 0.308 e. The minimum absolute atomic E-state index is 0.105. The average Bonchev–Trinajstić information content (AvgIpc) is 2.20. The van der Waals surface area contributed by atoms with Crippen molar-refractivity contribution in [1.29, 1.82) is 0 Å². The monoisotopic (exact) mass is 243 g/mol. The maximum atomic E-state index is 13.5.